The van der Waals surface area contributed by atoms with E-state index >= 15 is 0 Å². The Hall–Kier alpha value is -0.0800. The van der Waals surface area contributed by atoms with Gasteiger partial charge in [-0.1, -0.05) is 53.4 Å². The van der Waals surface area contributed by atoms with Crippen LogP contribution in [-0.2, 0) is 9.47 Å². The molecule has 1 aliphatic heterocycles. The molecule has 0 radical (unpaired) electrons. The fourth-order valence-electron chi connectivity index (χ4n) is 2.73. The van der Waals surface area contributed by atoms with Crippen LogP contribution in [0.15, 0.2) is 0 Å². The highest BCUT2D eigenvalue weighted by molar-refractivity contribution is 4.95. The monoisotopic (exact) mass is 228 g/mol. The van der Waals surface area contributed by atoms with Crippen LogP contribution in [0, 0.1) is 11.3 Å². The van der Waals surface area contributed by atoms with Crippen molar-refractivity contribution in [3.05, 3.63) is 0 Å². The quantitative estimate of drug-likeness (QED) is 0.586. The van der Waals surface area contributed by atoms with E-state index in [4.69, 9.17) is 9.47 Å². The first-order valence-electron chi connectivity index (χ1n) is 6.84. The van der Waals surface area contributed by atoms with Gasteiger partial charge in [0.25, 0.3) is 0 Å². The molecule has 1 saturated heterocycles. The zero-order chi connectivity index (χ0) is 12.2. The van der Waals surface area contributed by atoms with Gasteiger partial charge in [0.05, 0.1) is 0 Å². The minimum Gasteiger partial charge on any atom is -0.350 e. The van der Waals surface area contributed by atoms with E-state index in [1.165, 1.54) is 25.7 Å². The Balaban J connectivity index is 2.52. The predicted octanol–water partition coefficient (Wildman–Crippen LogP) is 3.99. The second-order valence-electron chi connectivity index (χ2n) is 5.48. The van der Waals surface area contributed by atoms with Gasteiger partial charge in [0, 0.05) is 6.61 Å². The lowest BCUT2D eigenvalue weighted by molar-refractivity contribution is 0.0591. The maximum absolute atomic E-state index is 5.67. The molecule has 0 aromatic rings. The Bertz CT molecular complexity index is 195. The van der Waals surface area contributed by atoms with Gasteiger partial charge in [0.2, 0.25) is 0 Å². The maximum atomic E-state index is 5.67. The SMILES string of the molecule is CCCC(CCC)C(C)(C)C1OC1OCC. The molecule has 0 aliphatic carbocycles. The van der Waals surface area contributed by atoms with E-state index < -0.39 is 0 Å². The fourth-order valence-corrected chi connectivity index (χ4v) is 2.73. The summed E-state index contributed by atoms with van der Waals surface area (Å²) in [6.07, 6.45) is 5.52. The first kappa shape index (κ1) is 14.0. The van der Waals surface area contributed by atoms with Gasteiger partial charge in [-0.2, -0.15) is 0 Å². The minimum absolute atomic E-state index is 0.0659. The highest BCUT2D eigenvalue weighted by atomic mass is 16.8. The minimum atomic E-state index is 0.0659. The molecule has 96 valence electrons. The second-order valence-corrected chi connectivity index (χ2v) is 5.48. The van der Waals surface area contributed by atoms with Crippen molar-refractivity contribution >= 4 is 0 Å². The van der Waals surface area contributed by atoms with Crippen molar-refractivity contribution in [2.24, 2.45) is 11.3 Å². The molecule has 0 amide bonds. The molecule has 1 heterocycles. The first-order valence-corrected chi connectivity index (χ1v) is 6.84. The largest absolute Gasteiger partial charge is 0.350 e. The van der Waals surface area contributed by atoms with E-state index in [9.17, 15) is 0 Å². The fraction of sp³-hybridized carbons (Fsp3) is 1.00. The number of hydrogen-bond acceptors (Lipinski definition) is 2. The van der Waals surface area contributed by atoms with Gasteiger partial charge in [0.15, 0.2) is 6.29 Å². The Morgan fingerprint density at radius 2 is 1.69 bits per heavy atom. The van der Waals surface area contributed by atoms with Crippen LogP contribution >= 0.6 is 0 Å². The molecular formula is C14H28O2. The van der Waals surface area contributed by atoms with Gasteiger partial charge in [-0.15, -0.1) is 0 Å². The van der Waals surface area contributed by atoms with Crippen LogP contribution in [-0.4, -0.2) is 19.0 Å². The average molecular weight is 228 g/mol. The molecule has 2 unspecified atom stereocenters. The third-order valence-electron chi connectivity index (χ3n) is 3.84. The lowest BCUT2D eigenvalue weighted by Gasteiger charge is -2.33. The predicted molar refractivity (Wildman–Crippen MR) is 67.4 cm³/mol. The molecule has 1 rings (SSSR count). The normalized spacial score (nSPS) is 25.1. The summed E-state index contributed by atoms with van der Waals surface area (Å²) < 4.78 is 11.2. The molecule has 0 aromatic heterocycles. The van der Waals surface area contributed by atoms with Crippen molar-refractivity contribution < 1.29 is 9.47 Å². The van der Waals surface area contributed by atoms with Gasteiger partial charge >= 0.3 is 0 Å². The zero-order valence-corrected chi connectivity index (χ0v) is 11.6. The number of ether oxygens (including phenoxy) is 2. The Morgan fingerprint density at radius 3 is 2.12 bits per heavy atom. The van der Waals surface area contributed by atoms with Crippen LogP contribution in [0.2, 0.25) is 0 Å². The van der Waals surface area contributed by atoms with Crippen molar-refractivity contribution in [3.63, 3.8) is 0 Å². The van der Waals surface area contributed by atoms with Gasteiger partial charge < -0.3 is 9.47 Å². The lowest BCUT2D eigenvalue weighted by atomic mass is 9.72. The summed E-state index contributed by atoms with van der Waals surface area (Å²) >= 11 is 0. The molecule has 0 N–H and O–H groups in total. The summed E-state index contributed by atoms with van der Waals surface area (Å²) in [5.74, 6) is 0.762. The Kier molecular flexibility index (Phi) is 5.26. The molecule has 1 aliphatic rings. The third-order valence-corrected chi connectivity index (χ3v) is 3.84. The van der Waals surface area contributed by atoms with Crippen LogP contribution in [0.4, 0.5) is 0 Å². The molecule has 2 heteroatoms. The highest BCUT2D eigenvalue weighted by Gasteiger charge is 2.53. The van der Waals surface area contributed by atoms with Crippen LogP contribution < -0.4 is 0 Å². The van der Waals surface area contributed by atoms with Crippen LogP contribution in [0.1, 0.15) is 60.3 Å². The first-order chi connectivity index (χ1) is 7.57. The van der Waals surface area contributed by atoms with Crippen molar-refractivity contribution in [1.82, 2.24) is 0 Å². The van der Waals surface area contributed by atoms with Crippen LogP contribution in [0.25, 0.3) is 0 Å². The summed E-state index contributed by atoms with van der Waals surface area (Å²) in [4.78, 5) is 0. The standard InChI is InChI=1S/C14H28O2/c1-6-9-11(10-7-2)14(4,5)12-13(16-12)15-8-3/h11-13H,6-10H2,1-5H3. The van der Waals surface area contributed by atoms with Crippen molar-refractivity contribution in [2.75, 3.05) is 6.61 Å². The summed E-state index contributed by atoms with van der Waals surface area (Å²) in [6.45, 7) is 12.0. The van der Waals surface area contributed by atoms with Crippen molar-refractivity contribution in [1.29, 1.82) is 0 Å². The van der Waals surface area contributed by atoms with Gasteiger partial charge in [-0.25, -0.2) is 0 Å². The number of hydrogen-bond donors (Lipinski definition) is 0. The van der Waals surface area contributed by atoms with E-state index in [2.05, 4.69) is 27.7 Å². The summed E-state index contributed by atoms with van der Waals surface area (Å²) in [5, 5.41) is 0. The summed E-state index contributed by atoms with van der Waals surface area (Å²) in [6, 6.07) is 0. The molecule has 0 bridgehead atoms. The average Bonchev–Trinajstić information content (AvgIpc) is 2.98. The molecule has 0 saturated carbocycles. The Labute approximate surface area is 101 Å². The van der Waals surface area contributed by atoms with E-state index in [1.807, 2.05) is 6.92 Å². The van der Waals surface area contributed by atoms with E-state index in [1.54, 1.807) is 0 Å². The Morgan fingerprint density at radius 1 is 1.12 bits per heavy atom. The van der Waals surface area contributed by atoms with Crippen molar-refractivity contribution in [2.45, 2.75) is 72.7 Å². The molecule has 2 nitrogen and oxygen atoms in total. The van der Waals surface area contributed by atoms with Gasteiger partial charge in [0.1, 0.15) is 6.10 Å². The summed E-state index contributed by atoms with van der Waals surface area (Å²) in [7, 11) is 0. The topological polar surface area (TPSA) is 21.8 Å². The molecule has 16 heavy (non-hydrogen) atoms. The maximum Gasteiger partial charge on any atom is 0.184 e. The van der Waals surface area contributed by atoms with Crippen molar-refractivity contribution in [3.8, 4) is 0 Å². The zero-order valence-electron chi connectivity index (χ0n) is 11.6. The smallest absolute Gasteiger partial charge is 0.184 e. The molecule has 0 spiro atoms. The van der Waals surface area contributed by atoms with Gasteiger partial charge in [-0.3, -0.25) is 0 Å². The number of epoxide rings is 1. The van der Waals surface area contributed by atoms with Crippen LogP contribution in [0.5, 0.6) is 0 Å². The molecule has 2 atom stereocenters. The van der Waals surface area contributed by atoms with E-state index in [0.717, 1.165) is 12.5 Å². The van der Waals surface area contributed by atoms with Crippen LogP contribution in [0.3, 0.4) is 0 Å². The summed E-state index contributed by atoms with van der Waals surface area (Å²) in [5.41, 5.74) is 0.256. The molecular weight excluding hydrogens is 200 g/mol. The second kappa shape index (κ2) is 6.02. The van der Waals surface area contributed by atoms with Gasteiger partial charge in [-0.05, 0) is 18.3 Å². The molecule has 0 aromatic carbocycles. The third kappa shape index (κ3) is 3.21. The highest BCUT2D eigenvalue weighted by Crippen LogP contribution is 2.47. The number of rotatable bonds is 8. The molecule has 1 fully saturated rings. The lowest BCUT2D eigenvalue weighted by Crippen LogP contribution is -2.31. The van der Waals surface area contributed by atoms with E-state index in [0.29, 0.717) is 6.10 Å². The van der Waals surface area contributed by atoms with E-state index in [-0.39, 0.29) is 11.7 Å².